The average molecular weight is 250 g/mol. The highest BCUT2D eigenvalue weighted by molar-refractivity contribution is 5.54. The van der Waals surface area contributed by atoms with E-state index in [0.717, 1.165) is 30.7 Å². The van der Waals surface area contributed by atoms with Crippen molar-refractivity contribution in [2.24, 2.45) is 0 Å². The number of nitrogens with zero attached hydrogens (tertiary/aromatic N) is 1. The summed E-state index contributed by atoms with van der Waals surface area (Å²) in [5, 5.41) is 14.1. The highest BCUT2D eigenvalue weighted by Gasteiger charge is 2.22. The molecule has 0 spiro atoms. The maximum atomic E-state index is 10.8. The molecule has 1 aliphatic heterocycles. The number of benzene rings is 1. The molecular formula is C13H18N2O3. The summed E-state index contributed by atoms with van der Waals surface area (Å²) in [6.45, 7) is 4.71. The first kappa shape index (κ1) is 12.8. The summed E-state index contributed by atoms with van der Waals surface area (Å²) in [6.07, 6.45) is 2.33. The first-order valence-electron chi connectivity index (χ1n) is 6.20. The zero-order valence-corrected chi connectivity index (χ0v) is 10.7. The Balaban J connectivity index is 2.10. The third-order valence-corrected chi connectivity index (χ3v) is 3.19. The Kier molecular flexibility index (Phi) is 3.81. The minimum absolute atomic E-state index is 0.122. The number of nitrogens with one attached hydrogen (secondary N) is 1. The van der Waals surface area contributed by atoms with Gasteiger partial charge in [-0.1, -0.05) is 0 Å². The van der Waals surface area contributed by atoms with E-state index < -0.39 is 0 Å². The summed E-state index contributed by atoms with van der Waals surface area (Å²) in [5.41, 5.74) is 1.79. The fraction of sp³-hybridized carbons (Fsp3) is 0.538. The molecule has 5 nitrogen and oxygen atoms in total. The molecule has 1 aromatic carbocycles. The molecule has 0 amide bonds. The van der Waals surface area contributed by atoms with Crippen LogP contribution in [0.15, 0.2) is 18.2 Å². The number of aryl methyl sites for hydroxylation is 1. The molecular weight excluding hydrogens is 232 g/mol. The summed E-state index contributed by atoms with van der Waals surface area (Å²) in [4.78, 5) is 10.4. The first-order chi connectivity index (χ1) is 8.56. The molecule has 5 heteroatoms. The lowest BCUT2D eigenvalue weighted by Crippen LogP contribution is -2.30. The number of non-ortho nitro benzene ring substituents is 1. The van der Waals surface area contributed by atoms with Crippen LogP contribution >= 0.6 is 0 Å². The fourth-order valence-corrected chi connectivity index (χ4v) is 2.30. The van der Waals surface area contributed by atoms with Gasteiger partial charge in [0, 0.05) is 30.5 Å². The van der Waals surface area contributed by atoms with E-state index in [1.165, 1.54) is 0 Å². The summed E-state index contributed by atoms with van der Waals surface area (Å²) >= 11 is 0. The molecule has 1 aliphatic rings. The van der Waals surface area contributed by atoms with Crippen LogP contribution < -0.4 is 5.32 Å². The standard InChI is InChI=1S/C13H18N2O3/c1-9-6-11(8-12(7-9)15(16)17)14-10(2)13-4-3-5-18-13/h6-8,10,13-14H,3-5H2,1-2H3. The molecule has 98 valence electrons. The van der Waals surface area contributed by atoms with E-state index in [1.54, 1.807) is 12.1 Å². The predicted octanol–water partition coefficient (Wildman–Crippen LogP) is 2.88. The van der Waals surface area contributed by atoms with Gasteiger partial charge >= 0.3 is 0 Å². The maximum absolute atomic E-state index is 10.8. The third kappa shape index (κ3) is 2.98. The summed E-state index contributed by atoms with van der Waals surface area (Å²) in [5.74, 6) is 0. The fourth-order valence-electron chi connectivity index (χ4n) is 2.30. The normalized spacial score (nSPS) is 20.7. The molecule has 0 bridgehead atoms. The molecule has 18 heavy (non-hydrogen) atoms. The van der Waals surface area contributed by atoms with Crippen molar-refractivity contribution in [1.82, 2.24) is 0 Å². The molecule has 0 aromatic heterocycles. The Hall–Kier alpha value is -1.62. The highest BCUT2D eigenvalue weighted by atomic mass is 16.6. The quantitative estimate of drug-likeness (QED) is 0.659. The predicted molar refractivity (Wildman–Crippen MR) is 69.9 cm³/mol. The van der Waals surface area contributed by atoms with Crippen LogP contribution in [0.5, 0.6) is 0 Å². The Morgan fingerprint density at radius 2 is 2.28 bits per heavy atom. The number of hydrogen-bond acceptors (Lipinski definition) is 4. The Labute approximate surface area is 106 Å². The molecule has 2 atom stereocenters. The SMILES string of the molecule is Cc1cc(NC(C)C2CCCO2)cc([N+](=O)[O-])c1. The number of nitro groups is 1. The molecule has 0 saturated carbocycles. The number of hydrogen-bond donors (Lipinski definition) is 1. The van der Waals surface area contributed by atoms with Gasteiger partial charge in [-0.3, -0.25) is 10.1 Å². The van der Waals surface area contributed by atoms with Crippen LogP contribution in [0.4, 0.5) is 11.4 Å². The second-order valence-corrected chi connectivity index (χ2v) is 4.80. The number of anilines is 1. The minimum atomic E-state index is -0.366. The first-order valence-corrected chi connectivity index (χ1v) is 6.20. The van der Waals surface area contributed by atoms with Gasteiger partial charge in [0.05, 0.1) is 11.0 Å². The average Bonchev–Trinajstić information content (AvgIpc) is 2.81. The van der Waals surface area contributed by atoms with Crippen molar-refractivity contribution in [3.05, 3.63) is 33.9 Å². The van der Waals surface area contributed by atoms with Crippen molar-refractivity contribution in [2.45, 2.75) is 38.8 Å². The van der Waals surface area contributed by atoms with Crippen molar-refractivity contribution < 1.29 is 9.66 Å². The van der Waals surface area contributed by atoms with Gasteiger partial charge in [0.1, 0.15) is 0 Å². The van der Waals surface area contributed by atoms with Crippen molar-refractivity contribution in [3.8, 4) is 0 Å². The number of ether oxygens (including phenoxy) is 1. The van der Waals surface area contributed by atoms with Crippen LogP contribution in [0.2, 0.25) is 0 Å². The van der Waals surface area contributed by atoms with Gasteiger partial charge in [-0.05, 0) is 38.3 Å². The summed E-state index contributed by atoms with van der Waals surface area (Å²) in [6, 6.07) is 5.22. The lowest BCUT2D eigenvalue weighted by atomic mass is 10.1. The van der Waals surface area contributed by atoms with Crippen LogP contribution in [0.3, 0.4) is 0 Å². The molecule has 2 unspecified atom stereocenters. The van der Waals surface area contributed by atoms with E-state index in [9.17, 15) is 10.1 Å². The molecule has 0 radical (unpaired) electrons. The second-order valence-electron chi connectivity index (χ2n) is 4.80. The highest BCUT2D eigenvalue weighted by Crippen LogP contribution is 2.23. The summed E-state index contributed by atoms with van der Waals surface area (Å²) in [7, 11) is 0. The number of rotatable bonds is 4. The van der Waals surface area contributed by atoms with Gasteiger partial charge < -0.3 is 10.1 Å². The Morgan fingerprint density at radius 1 is 1.50 bits per heavy atom. The molecule has 1 heterocycles. The van der Waals surface area contributed by atoms with Crippen molar-refractivity contribution in [2.75, 3.05) is 11.9 Å². The molecule has 1 saturated heterocycles. The van der Waals surface area contributed by atoms with Crippen molar-refractivity contribution >= 4 is 11.4 Å². The van der Waals surface area contributed by atoms with Crippen LogP contribution in [0, 0.1) is 17.0 Å². The van der Waals surface area contributed by atoms with Crippen LogP contribution in [0.25, 0.3) is 0 Å². The van der Waals surface area contributed by atoms with Crippen molar-refractivity contribution in [3.63, 3.8) is 0 Å². The molecule has 0 aliphatic carbocycles. The van der Waals surface area contributed by atoms with Gasteiger partial charge in [-0.15, -0.1) is 0 Å². The van der Waals surface area contributed by atoms with Gasteiger partial charge in [0.2, 0.25) is 0 Å². The van der Waals surface area contributed by atoms with Crippen molar-refractivity contribution in [1.29, 1.82) is 0 Å². The Morgan fingerprint density at radius 3 is 2.89 bits per heavy atom. The zero-order chi connectivity index (χ0) is 13.1. The van der Waals surface area contributed by atoms with E-state index in [0.29, 0.717) is 0 Å². The molecule has 1 aromatic rings. The third-order valence-electron chi connectivity index (χ3n) is 3.19. The van der Waals surface area contributed by atoms with E-state index >= 15 is 0 Å². The molecule has 1 N–H and O–H groups in total. The van der Waals surface area contributed by atoms with Gasteiger partial charge in [-0.25, -0.2) is 0 Å². The van der Waals surface area contributed by atoms with Gasteiger partial charge in [0.15, 0.2) is 0 Å². The lowest BCUT2D eigenvalue weighted by Gasteiger charge is -2.21. The van der Waals surface area contributed by atoms with Gasteiger partial charge in [-0.2, -0.15) is 0 Å². The monoisotopic (exact) mass is 250 g/mol. The topological polar surface area (TPSA) is 64.4 Å². The van der Waals surface area contributed by atoms with Gasteiger partial charge in [0.25, 0.3) is 5.69 Å². The molecule has 1 fully saturated rings. The molecule has 2 rings (SSSR count). The lowest BCUT2D eigenvalue weighted by molar-refractivity contribution is -0.384. The Bertz CT molecular complexity index is 442. The largest absolute Gasteiger partial charge is 0.380 e. The smallest absolute Gasteiger partial charge is 0.271 e. The number of nitro benzene ring substituents is 1. The zero-order valence-electron chi connectivity index (χ0n) is 10.7. The van der Waals surface area contributed by atoms with E-state index in [-0.39, 0.29) is 22.8 Å². The van der Waals surface area contributed by atoms with E-state index in [4.69, 9.17) is 4.74 Å². The maximum Gasteiger partial charge on any atom is 0.271 e. The summed E-state index contributed by atoms with van der Waals surface area (Å²) < 4.78 is 5.60. The van der Waals surface area contributed by atoms with Crippen LogP contribution in [-0.4, -0.2) is 23.7 Å². The second kappa shape index (κ2) is 5.35. The van der Waals surface area contributed by atoms with E-state index in [1.807, 2.05) is 19.9 Å². The van der Waals surface area contributed by atoms with Crippen LogP contribution in [-0.2, 0) is 4.74 Å². The van der Waals surface area contributed by atoms with E-state index in [2.05, 4.69) is 5.32 Å². The van der Waals surface area contributed by atoms with Crippen LogP contribution in [0.1, 0.15) is 25.3 Å². The minimum Gasteiger partial charge on any atom is -0.380 e.